The molecule has 1 aromatic heterocycles. The van der Waals surface area contributed by atoms with Crippen molar-refractivity contribution in [3.8, 4) is 11.6 Å². The number of allylic oxidation sites excluding steroid dienone is 1. The van der Waals surface area contributed by atoms with E-state index in [-0.39, 0.29) is 63.0 Å². The number of aromatic nitrogens is 2. The Balaban J connectivity index is 1.40. The summed E-state index contributed by atoms with van der Waals surface area (Å²) in [7, 11) is -1.63. The third-order valence-corrected chi connectivity index (χ3v) is 14.6. The Kier molecular flexibility index (Phi) is 13.6. The van der Waals surface area contributed by atoms with Crippen molar-refractivity contribution in [1.82, 2.24) is 30.2 Å². The summed E-state index contributed by atoms with van der Waals surface area (Å²) in [5.74, 6) is -4.11. The first kappa shape index (κ1) is 47.7. The standard InChI is InChI=1S/C42H56F4N6O10S/c1-23(2)32-35(48-30-17-27(60-7)12-13-29(30)47-32)61-28-18-31-34(53)50-41(37(55)51-63(57,58)40(22-43)14-15-40)19-26(41)11-9-8-10-24(3)16-25(21-59-6)33(36(54)52(31)20-28)49-38(56)62-39(4,5)42(44,45)46/h9,11-13,17,23-26,28,31,33H,8,10,14-16,18-22H2,1-7H3,(H,49,56)(H,50,53)(H,51,55)/b11-9-/t24-,25-,26+,28+,31-,33-,41+/m0/s1. The number of carbonyl (C=O) groups excluding carboxylic acids is 4. The second-order valence-electron chi connectivity index (χ2n) is 18.0. The molecule has 4 amide bonds. The normalized spacial score (nSPS) is 28.2. The van der Waals surface area contributed by atoms with Crippen LogP contribution in [0.15, 0.2) is 30.4 Å². The topological polar surface area (TPSA) is 204 Å². The van der Waals surface area contributed by atoms with E-state index in [0.29, 0.717) is 49.2 Å². The van der Waals surface area contributed by atoms with Gasteiger partial charge in [-0.05, 0) is 70.4 Å². The van der Waals surface area contributed by atoms with Crippen LogP contribution in [-0.2, 0) is 33.9 Å². The number of sulfonamides is 1. The number of alkyl carbamates (subject to hydrolysis) is 1. The lowest BCUT2D eigenvalue weighted by molar-refractivity contribution is -0.244. The lowest BCUT2D eigenvalue weighted by Crippen LogP contribution is -2.60. The predicted molar refractivity (Wildman–Crippen MR) is 220 cm³/mol. The molecule has 2 aliphatic carbocycles. The number of alkyl halides is 4. The number of hydrogen-bond acceptors (Lipinski definition) is 12. The van der Waals surface area contributed by atoms with Crippen LogP contribution >= 0.6 is 0 Å². The molecule has 3 fully saturated rings. The molecule has 63 heavy (non-hydrogen) atoms. The molecule has 3 heterocycles. The van der Waals surface area contributed by atoms with Crippen molar-refractivity contribution < 1.29 is 64.1 Å². The molecule has 6 rings (SSSR count). The van der Waals surface area contributed by atoms with Crippen LogP contribution in [0.3, 0.4) is 0 Å². The van der Waals surface area contributed by atoms with Crippen LogP contribution in [0, 0.1) is 17.8 Å². The van der Waals surface area contributed by atoms with E-state index in [4.69, 9.17) is 28.9 Å². The van der Waals surface area contributed by atoms with Crippen molar-refractivity contribution in [2.24, 2.45) is 17.8 Å². The number of amides is 4. The van der Waals surface area contributed by atoms with Gasteiger partial charge < -0.3 is 34.5 Å². The third kappa shape index (κ3) is 9.98. The van der Waals surface area contributed by atoms with E-state index in [9.17, 15) is 40.4 Å². The van der Waals surface area contributed by atoms with Crippen LogP contribution in [-0.4, -0.2) is 121 Å². The molecule has 4 aliphatic rings. The molecule has 3 N–H and O–H groups in total. The molecule has 2 saturated carbocycles. The average molecular weight is 913 g/mol. The van der Waals surface area contributed by atoms with Gasteiger partial charge in [0.15, 0.2) is 0 Å². The van der Waals surface area contributed by atoms with Gasteiger partial charge in [0.2, 0.25) is 33.3 Å². The molecule has 1 aromatic carbocycles. The van der Waals surface area contributed by atoms with E-state index in [0.717, 1.165) is 4.90 Å². The summed E-state index contributed by atoms with van der Waals surface area (Å²) in [6.45, 7) is 5.33. The van der Waals surface area contributed by atoms with Gasteiger partial charge in [-0.15, -0.1) is 0 Å². The van der Waals surface area contributed by atoms with Crippen LogP contribution in [0.5, 0.6) is 11.6 Å². The molecule has 0 spiro atoms. The van der Waals surface area contributed by atoms with E-state index in [2.05, 4.69) is 10.6 Å². The Morgan fingerprint density at radius 1 is 1.08 bits per heavy atom. The minimum atomic E-state index is -4.97. The van der Waals surface area contributed by atoms with Gasteiger partial charge in [-0.2, -0.15) is 13.2 Å². The van der Waals surface area contributed by atoms with E-state index in [1.54, 1.807) is 30.4 Å². The summed E-state index contributed by atoms with van der Waals surface area (Å²) in [5.41, 5.74) is -3.32. The molecule has 0 radical (unpaired) electrons. The highest BCUT2D eigenvalue weighted by molar-refractivity contribution is 7.91. The maximum atomic E-state index is 15.1. The van der Waals surface area contributed by atoms with Gasteiger partial charge in [0, 0.05) is 37.4 Å². The maximum absolute atomic E-state index is 15.1. The first-order valence-electron chi connectivity index (χ1n) is 21.0. The Bertz CT molecular complexity index is 2220. The predicted octanol–water partition coefficient (Wildman–Crippen LogP) is 5.01. The van der Waals surface area contributed by atoms with Crippen molar-refractivity contribution in [3.05, 3.63) is 36.0 Å². The number of nitrogens with one attached hydrogen (secondary N) is 3. The monoisotopic (exact) mass is 912 g/mol. The molecule has 348 valence electrons. The zero-order valence-electron chi connectivity index (χ0n) is 36.3. The number of halogens is 4. The fraction of sp³-hybridized carbons (Fsp3) is 0.667. The van der Waals surface area contributed by atoms with Gasteiger partial charge in [-0.25, -0.2) is 27.6 Å². The highest BCUT2D eigenvalue weighted by atomic mass is 32.2. The Hall–Kier alpha value is -4.79. The summed E-state index contributed by atoms with van der Waals surface area (Å²) in [4.78, 5) is 67.7. The Morgan fingerprint density at radius 3 is 2.41 bits per heavy atom. The first-order valence-corrected chi connectivity index (χ1v) is 22.5. The smallest absolute Gasteiger partial charge is 0.427 e. The molecule has 1 saturated heterocycles. The van der Waals surface area contributed by atoms with Crippen molar-refractivity contribution in [3.63, 3.8) is 0 Å². The summed E-state index contributed by atoms with van der Waals surface area (Å²) in [6, 6.07) is 2.08. The fourth-order valence-electron chi connectivity index (χ4n) is 8.17. The molecule has 7 atom stereocenters. The van der Waals surface area contributed by atoms with Crippen molar-refractivity contribution in [1.29, 1.82) is 0 Å². The number of nitrogens with zero attached hydrogens (tertiary/aromatic N) is 3. The summed E-state index contributed by atoms with van der Waals surface area (Å²) >= 11 is 0. The third-order valence-electron chi connectivity index (χ3n) is 12.5. The van der Waals surface area contributed by atoms with Crippen molar-refractivity contribution in [2.45, 2.75) is 126 Å². The van der Waals surface area contributed by atoms with E-state index < -0.39 is 92.6 Å². The van der Waals surface area contributed by atoms with Crippen LogP contribution in [0.4, 0.5) is 22.4 Å². The molecule has 2 aromatic rings. The van der Waals surface area contributed by atoms with E-state index in [1.807, 2.05) is 25.5 Å². The van der Waals surface area contributed by atoms with Crippen LogP contribution in [0.2, 0.25) is 0 Å². The molecule has 0 unspecified atom stereocenters. The van der Waals surface area contributed by atoms with Crippen molar-refractivity contribution in [2.75, 3.05) is 34.0 Å². The molecular weight excluding hydrogens is 857 g/mol. The lowest BCUT2D eigenvalue weighted by Gasteiger charge is -2.35. The number of methoxy groups -OCH3 is 2. The van der Waals surface area contributed by atoms with Crippen LogP contribution < -0.4 is 24.8 Å². The average Bonchev–Trinajstić information content (AvgIpc) is 4.11. The Morgan fingerprint density at radius 2 is 1.79 bits per heavy atom. The van der Waals surface area contributed by atoms with Gasteiger partial charge in [0.05, 0.1) is 31.3 Å². The lowest BCUT2D eigenvalue weighted by atomic mass is 9.87. The number of fused-ring (bicyclic) bond motifs is 3. The number of benzene rings is 1. The maximum Gasteiger partial charge on any atom is 0.427 e. The summed E-state index contributed by atoms with van der Waals surface area (Å²) in [5, 5.41) is 5.10. The van der Waals surface area contributed by atoms with Gasteiger partial charge in [-0.1, -0.05) is 32.9 Å². The summed E-state index contributed by atoms with van der Waals surface area (Å²) in [6.07, 6.45) is -2.96. The quantitative estimate of drug-likeness (QED) is 0.190. The molecular formula is C42H56F4N6O10S. The molecule has 16 nitrogen and oxygen atoms in total. The second-order valence-corrected chi connectivity index (χ2v) is 20.1. The second kappa shape index (κ2) is 18.0. The largest absolute Gasteiger partial charge is 0.497 e. The zero-order chi connectivity index (χ0) is 46.3. The van der Waals surface area contributed by atoms with Gasteiger partial charge >= 0.3 is 12.3 Å². The van der Waals surface area contributed by atoms with E-state index >= 15 is 4.79 Å². The zero-order valence-corrected chi connectivity index (χ0v) is 37.2. The highest BCUT2D eigenvalue weighted by Crippen LogP contribution is 2.48. The van der Waals surface area contributed by atoms with Gasteiger partial charge in [-0.3, -0.25) is 19.1 Å². The molecule has 21 heteroatoms. The van der Waals surface area contributed by atoms with E-state index in [1.165, 1.54) is 14.2 Å². The number of hydrogen-bond donors (Lipinski definition) is 3. The van der Waals surface area contributed by atoms with Crippen LogP contribution in [0.25, 0.3) is 11.0 Å². The summed E-state index contributed by atoms with van der Waals surface area (Å²) < 4.78 is 105. The van der Waals surface area contributed by atoms with Gasteiger partial charge in [0.1, 0.15) is 46.6 Å². The van der Waals surface area contributed by atoms with Crippen molar-refractivity contribution >= 4 is 44.9 Å². The number of ether oxygens (including phenoxy) is 4. The molecule has 2 aliphatic heterocycles. The Labute approximate surface area is 363 Å². The first-order chi connectivity index (χ1) is 29.5. The van der Waals surface area contributed by atoms with Gasteiger partial charge in [0.25, 0.3) is 5.91 Å². The minimum Gasteiger partial charge on any atom is -0.497 e. The minimum absolute atomic E-state index is 0.00974. The number of rotatable bonds is 12. The van der Waals surface area contributed by atoms with Crippen LogP contribution in [0.1, 0.15) is 91.2 Å². The number of carbonyl (C=O) groups is 4. The highest BCUT2D eigenvalue weighted by Gasteiger charge is 2.64. The molecule has 0 bridgehead atoms. The SMILES string of the molecule is COC[C@@H]1C[C@@H](C)CC/C=C\[C@@H]2C[C@@]2(C(=O)NS(=O)(=O)C2(CF)CC2)NC(=O)[C@@H]2C[C@@H](Oc3nc4cc(OC)ccc4nc3C(C)C)CN2C(=O)[C@H]1NC(=O)OC(C)(C)C(F)(F)F. The fourth-order valence-corrected chi connectivity index (χ4v) is 9.60.